The van der Waals surface area contributed by atoms with Gasteiger partial charge < -0.3 is 14.6 Å². The van der Waals surface area contributed by atoms with Crippen molar-refractivity contribution in [1.29, 1.82) is 0 Å². The van der Waals surface area contributed by atoms with E-state index in [0.29, 0.717) is 25.2 Å². The number of aryl methyl sites for hydroxylation is 1. The van der Waals surface area contributed by atoms with Crippen LogP contribution in [-0.2, 0) is 16.0 Å². The number of hydrogen-bond donors (Lipinski definition) is 1. The molecular formula is C22H28N6O4. The number of aromatic nitrogens is 6. The fourth-order valence-electron chi connectivity index (χ4n) is 3.78. The summed E-state index contributed by atoms with van der Waals surface area (Å²) < 4.78 is 15.0. The molecule has 170 valence electrons. The zero-order valence-corrected chi connectivity index (χ0v) is 18.1. The monoisotopic (exact) mass is 440 g/mol. The second-order valence-corrected chi connectivity index (χ2v) is 7.77. The highest BCUT2D eigenvalue weighted by Crippen LogP contribution is 2.28. The number of rotatable bonds is 10. The van der Waals surface area contributed by atoms with Crippen molar-refractivity contribution in [3.63, 3.8) is 0 Å². The van der Waals surface area contributed by atoms with Crippen LogP contribution in [0.2, 0.25) is 0 Å². The van der Waals surface area contributed by atoms with Crippen molar-refractivity contribution in [1.82, 2.24) is 29.8 Å². The Balaban J connectivity index is 1.28. The van der Waals surface area contributed by atoms with Gasteiger partial charge in [-0.15, -0.1) is 5.10 Å². The molecule has 10 nitrogen and oxygen atoms in total. The summed E-state index contributed by atoms with van der Waals surface area (Å²) >= 11 is 0. The molecule has 0 aromatic carbocycles. The van der Waals surface area contributed by atoms with Crippen LogP contribution in [-0.4, -0.2) is 54.0 Å². The maximum absolute atomic E-state index is 11.2. The molecule has 0 saturated carbocycles. The number of carboxylic acids is 1. The fraction of sp³-hybridized carbons (Fsp3) is 0.500. The first kappa shape index (κ1) is 21.9. The van der Waals surface area contributed by atoms with Gasteiger partial charge in [-0.3, -0.25) is 4.98 Å². The van der Waals surface area contributed by atoms with Gasteiger partial charge in [0.2, 0.25) is 0 Å². The average Bonchev–Trinajstić information content (AvgIpc) is 3.48. The van der Waals surface area contributed by atoms with E-state index in [2.05, 4.69) is 20.4 Å². The molecule has 0 amide bonds. The molecule has 0 bridgehead atoms. The Morgan fingerprint density at radius 3 is 2.97 bits per heavy atom. The predicted molar refractivity (Wildman–Crippen MR) is 115 cm³/mol. The molecule has 0 spiro atoms. The van der Waals surface area contributed by atoms with E-state index >= 15 is 0 Å². The van der Waals surface area contributed by atoms with Gasteiger partial charge in [0.05, 0.1) is 29.9 Å². The lowest BCUT2D eigenvalue weighted by molar-refractivity contribution is -0.141. The Morgan fingerprint density at radius 2 is 2.25 bits per heavy atom. The smallest absolute Gasteiger partial charge is 0.328 e. The number of nitrogens with zero attached hydrogens (tertiary/aromatic N) is 6. The van der Waals surface area contributed by atoms with Gasteiger partial charge in [0.25, 0.3) is 0 Å². The number of pyridine rings is 1. The summed E-state index contributed by atoms with van der Waals surface area (Å²) in [5.41, 5.74) is 2.50. The van der Waals surface area contributed by atoms with Crippen molar-refractivity contribution in [3.8, 4) is 17.1 Å². The van der Waals surface area contributed by atoms with Gasteiger partial charge in [0.15, 0.2) is 12.3 Å². The third-order valence-corrected chi connectivity index (χ3v) is 5.49. The van der Waals surface area contributed by atoms with E-state index in [4.69, 9.17) is 9.47 Å². The molecule has 2 atom stereocenters. The lowest BCUT2D eigenvalue weighted by Crippen LogP contribution is -2.20. The van der Waals surface area contributed by atoms with Crippen LogP contribution in [0.4, 0.5) is 0 Å². The number of aliphatic carboxylic acids is 1. The van der Waals surface area contributed by atoms with Gasteiger partial charge in [0, 0.05) is 19.0 Å². The summed E-state index contributed by atoms with van der Waals surface area (Å²) in [6.07, 6.45) is 10.2. The highest BCUT2D eigenvalue weighted by atomic mass is 16.5. The van der Waals surface area contributed by atoms with E-state index in [1.54, 1.807) is 18.6 Å². The number of hydrogen-bond acceptors (Lipinski definition) is 7. The summed E-state index contributed by atoms with van der Waals surface area (Å²) in [5.74, 6) is -0.216. The molecule has 1 fully saturated rings. The van der Waals surface area contributed by atoms with Crippen molar-refractivity contribution >= 4 is 5.97 Å². The summed E-state index contributed by atoms with van der Waals surface area (Å²) in [4.78, 5) is 15.8. The van der Waals surface area contributed by atoms with E-state index in [0.717, 1.165) is 49.4 Å². The third-order valence-electron chi connectivity index (χ3n) is 5.49. The second kappa shape index (κ2) is 10.4. The molecule has 4 heterocycles. The van der Waals surface area contributed by atoms with E-state index in [9.17, 15) is 9.90 Å². The summed E-state index contributed by atoms with van der Waals surface area (Å²) in [6.45, 7) is 3.07. The normalized spacial score (nSPS) is 17.2. The van der Waals surface area contributed by atoms with Crippen molar-refractivity contribution < 1.29 is 19.4 Å². The van der Waals surface area contributed by atoms with Crippen LogP contribution in [0.25, 0.3) is 11.4 Å². The van der Waals surface area contributed by atoms with E-state index in [-0.39, 0.29) is 6.23 Å². The Hall–Kier alpha value is -3.27. The maximum Gasteiger partial charge on any atom is 0.328 e. The number of ether oxygens (including phenoxy) is 2. The molecule has 1 aliphatic heterocycles. The molecule has 3 aromatic heterocycles. The predicted octanol–water partition coefficient (Wildman–Crippen LogP) is 3.28. The van der Waals surface area contributed by atoms with Crippen molar-refractivity contribution in [2.75, 3.05) is 13.2 Å². The lowest BCUT2D eigenvalue weighted by Gasteiger charge is -2.24. The Labute approximate surface area is 186 Å². The molecule has 3 aromatic rings. The first-order valence-corrected chi connectivity index (χ1v) is 11.0. The van der Waals surface area contributed by atoms with E-state index in [1.807, 2.05) is 29.8 Å². The number of carbonyl (C=O) groups is 1. The summed E-state index contributed by atoms with van der Waals surface area (Å²) in [5, 5.41) is 21.6. The molecule has 0 aliphatic carbocycles. The van der Waals surface area contributed by atoms with Crippen LogP contribution in [0.5, 0.6) is 5.75 Å². The quantitative estimate of drug-likeness (QED) is 0.477. The minimum atomic E-state index is -0.905. The van der Waals surface area contributed by atoms with Gasteiger partial charge >= 0.3 is 5.97 Å². The van der Waals surface area contributed by atoms with Crippen LogP contribution >= 0.6 is 0 Å². The van der Waals surface area contributed by atoms with Gasteiger partial charge in [0.1, 0.15) is 5.75 Å². The largest absolute Gasteiger partial charge is 0.492 e. The van der Waals surface area contributed by atoms with Crippen LogP contribution < -0.4 is 4.74 Å². The summed E-state index contributed by atoms with van der Waals surface area (Å²) in [7, 11) is 0. The summed E-state index contributed by atoms with van der Waals surface area (Å²) in [6, 6.07) is 5.09. The van der Waals surface area contributed by atoms with Crippen LogP contribution in [0.15, 0.2) is 36.8 Å². The minimum Gasteiger partial charge on any atom is -0.492 e. The van der Waals surface area contributed by atoms with Crippen LogP contribution in [0, 0.1) is 0 Å². The Kier molecular flexibility index (Phi) is 7.10. The standard InChI is InChI=1S/C22H28N6O4/c1-2-19(22(29)30)27-15-16(25-26-27)6-5-13-31-17-8-9-18(23-14-17)20-10-11-24-28(20)21-7-3-4-12-32-21/h8-11,14-15,19,21H,2-7,12-13H2,1H3,(H,29,30). The first-order chi connectivity index (χ1) is 15.7. The maximum atomic E-state index is 11.2. The molecule has 1 N–H and O–H groups in total. The highest BCUT2D eigenvalue weighted by molar-refractivity contribution is 5.71. The SMILES string of the molecule is CCC(C(=O)O)n1cc(CCCOc2ccc(-c3ccnn3C3CCCCO3)nc2)nn1. The zero-order valence-electron chi connectivity index (χ0n) is 18.1. The molecule has 1 saturated heterocycles. The lowest BCUT2D eigenvalue weighted by atomic mass is 10.2. The Bertz CT molecular complexity index is 1010. The van der Waals surface area contributed by atoms with Crippen molar-refractivity contribution in [2.45, 2.75) is 57.7 Å². The van der Waals surface area contributed by atoms with Gasteiger partial charge in [-0.05, 0) is 56.7 Å². The van der Waals surface area contributed by atoms with E-state index < -0.39 is 12.0 Å². The first-order valence-electron chi connectivity index (χ1n) is 11.0. The minimum absolute atomic E-state index is 0.0347. The molecular weight excluding hydrogens is 412 g/mol. The molecule has 0 radical (unpaired) electrons. The van der Waals surface area contributed by atoms with Crippen LogP contribution in [0.3, 0.4) is 0 Å². The average molecular weight is 441 g/mol. The highest BCUT2D eigenvalue weighted by Gasteiger charge is 2.20. The van der Waals surface area contributed by atoms with Crippen LogP contribution in [0.1, 0.15) is 57.0 Å². The molecule has 4 rings (SSSR count). The zero-order chi connectivity index (χ0) is 22.3. The van der Waals surface area contributed by atoms with Gasteiger partial charge in [-0.1, -0.05) is 12.1 Å². The molecule has 32 heavy (non-hydrogen) atoms. The Morgan fingerprint density at radius 1 is 1.34 bits per heavy atom. The van der Waals surface area contributed by atoms with Gasteiger partial charge in [-0.2, -0.15) is 5.10 Å². The molecule has 2 unspecified atom stereocenters. The fourth-order valence-corrected chi connectivity index (χ4v) is 3.78. The molecule has 10 heteroatoms. The topological polar surface area (TPSA) is 117 Å². The second-order valence-electron chi connectivity index (χ2n) is 7.77. The van der Waals surface area contributed by atoms with Crippen molar-refractivity contribution in [2.24, 2.45) is 0 Å². The van der Waals surface area contributed by atoms with Gasteiger partial charge in [-0.25, -0.2) is 14.2 Å². The third kappa shape index (κ3) is 5.13. The molecule has 1 aliphatic rings. The van der Waals surface area contributed by atoms with Crippen molar-refractivity contribution in [3.05, 3.63) is 42.5 Å². The van der Waals surface area contributed by atoms with E-state index in [1.165, 1.54) is 4.68 Å². The number of carboxylic acid groups (broad SMARTS) is 1.